The molecule has 33 heavy (non-hydrogen) atoms. The van der Waals surface area contributed by atoms with E-state index >= 15 is 0 Å². The van der Waals surface area contributed by atoms with Gasteiger partial charge in [0.05, 0.1) is 5.41 Å². The molecule has 2 aliphatic rings. The second kappa shape index (κ2) is 6.79. The Morgan fingerprint density at radius 2 is 1.21 bits per heavy atom. The minimum absolute atomic E-state index is 0.363. The van der Waals surface area contributed by atoms with Crippen molar-refractivity contribution in [3.8, 4) is 11.1 Å². The van der Waals surface area contributed by atoms with E-state index in [2.05, 4.69) is 132 Å². The zero-order chi connectivity index (χ0) is 22.2. The summed E-state index contributed by atoms with van der Waals surface area (Å²) in [7, 11) is 0. The fourth-order valence-electron chi connectivity index (χ4n) is 6.04. The van der Waals surface area contributed by atoms with E-state index in [1.807, 2.05) is 0 Å². The molecule has 0 radical (unpaired) electrons. The fourth-order valence-corrected chi connectivity index (χ4v) is 6.42. The summed E-state index contributed by atoms with van der Waals surface area (Å²) in [4.78, 5) is 0. The number of hydrogen-bond acceptors (Lipinski definition) is 0. The summed E-state index contributed by atoms with van der Waals surface area (Å²) in [5, 5.41) is 2.57. The van der Waals surface area contributed by atoms with Crippen LogP contribution in [-0.4, -0.2) is 0 Å². The van der Waals surface area contributed by atoms with Crippen molar-refractivity contribution in [1.29, 1.82) is 0 Å². The maximum absolute atomic E-state index is 3.72. The molecule has 1 spiro atoms. The lowest BCUT2D eigenvalue weighted by molar-refractivity contribution is 0.766. The van der Waals surface area contributed by atoms with Crippen LogP contribution in [0.5, 0.6) is 0 Å². The average molecular weight is 485 g/mol. The maximum Gasteiger partial charge on any atom is 0.0725 e. The number of aryl methyl sites for hydroxylation is 1. The van der Waals surface area contributed by atoms with Crippen LogP contribution in [0.4, 0.5) is 0 Å². The first kappa shape index (κ1) is 19.1. The van der Waals surface area contributed by atoms with Crippen molar-refractivity contribution in [3.63, 3.8) is 0 Å². The fraction of sp³-hybridized carbons (Fsp3) is 0.0625. The highest BCUT2D eigenvalue weighted by atomic mass is 79.9. The largest absolute Gasteiger partial charge is 0.0725 e. The molecular weight excluding hydrogens is 464 g/mol. The molecule has 1 unspecified atom stereocenters. The standard InChI is InChI=1S/C32H21Br/c1-20-10-14-28-23(16-20)11-12-24-17-25(33)13-15-29(24)32(28)30-9-5-4-8-26(30)27-18-21-6-2-3-7-22(21)19-31(27)32/h2-19H,1H3. The molecule has 1 atom stereocenters. The molecule has 0 heterocycles. The topological polar surface area (TPSA) is 0 Å². The van der Waals surface area contributed by atoms with Crippen LogP contribution in [0.15, 0.2) is 102 Å². The minimum Gasteiger partial charge on any atom is -0.0619 e. The zero-order valence-corrected chi connectivity index (χ0v) is 19.9. The van der Waals surface area contributed by atoms with Crippen molar-refractivity contribution in [2.75, 3.05) is 0 Å². The van der Waals surface area contributed by atoms with Crippen molar-refractivity contribution in [1.82, 2.24) is 0 Å². The van der Waals surface area contributed by atoms with Gasteiger partial charge in [0.2, 0.25) is 0 Å². The molecule has 0 fully saturated rings. The van der Waals surface area contributed by atoms with Crippen LogP contribution in [0, 0.1) is 6.92 Å². The third-order valence-corrected chi connectivity index (χ3v) is 7.88. The van der Waals surface area contributed by atoms with Crippen LogP contribution in [0.3, 0.4) is 0 Å². The van der Waals surface area contributed by atoms with Crippen LogP contribution < -0.4 is 0 Å². The van der Waals surface area contributed by atoms with E-state index in [0.29, 0.717) is 0 Å². The first-order valence-electron chi connectivity index (χ1n) is 11.4. The van der Waals surface area contributed by atoms with Gasteiger partial charge in [0, 0.05) is 4.47 Å². The van der Waals surface area contributed by atoms with Crippen molar-refractivity contribution in [3.05, 3.63) is 140 Å². The monoisotopic (exact) mass is 484 g/mol. The predicted molar refractivity (Wildman–Crippen MR) is 143 cm³/mol. The first-order valence-corrected chi connectivity index (χ1v) is 12.2. The smallest absolute Gasteiger partial charge is 0.0619 e. The van der Waals surface area contributed by atoms with Gasteiger partial charge in [-0.05, 0) is 86.5 Å². The summed E-state index contributed by atoms with van der Waals surface area (Å²) in [6.45, 7) is 2.18. The molecule has 0 aliphatic heterocycles. The van der Waals surface area contributed by atoms with E-state index in [0.717, 1.165) is 4.47 Å². The summed E-state index contributed by atoms with van der Waals surface area (Å²) in [6.07, 6.45) is 4.58. The zero-order valence-electron chi connectivity index (χ0n) is 18.3. The van der Waals surface area contributed by atoms with Gasteiger partial charge in [-0.3, -0.25) is 0 Å². The van der Waals surface area contributed by atoms with Gasteiger partial charge < -0.3 is 0 Å². The SMILES string of the molecule is Cc1ccc2c(c1)C=Cc1cc(Br)ccc1C21c2ccccc2-c2cc3ccccc3cc21. The molecule has 7 rings (SSSR count). The molecule has 0 bridgehead atoms. The summed E-state index contributed by atoms with van der Waals surface area (Å²) in [5.74, 6) is 0. The Labute approximate surface area is 202 Å². The van der Waals surface area contributed by atoms with Gasteiger partial charge >= 0.3 is 0 Å². The molecule has 0 amide bonds. The molecule has 0 N–H and O–H groups in total. The lowest BCUT2D eigenvalue weighted by Gasteiger charge is -2.35. The van der Waals surface area contributed by atoms with Crippen LogP contribution >= 0.6 is 15.9 Å². The summed E-state index contributed by atoms with van der Waals surface area (Å²) in [5.41, 5.74) is 11.6. The Hall–Kier alpha value is -3.42. The molecule has 2 aliphatic carbocycles. The van der Waals surface area contributed by atoms with E-state index in [1.165, 1.54) is 60.8 Å². The normalized spacial score (nSPS) is 17.4. The quantitative estimate of drug-likeness (QED) is 0.201. The summed E-state index contributed by atoms with van der Waals surface area (Å²) in [6, 6.07) is 36.3. The van der Waals surface area contributed by atoms with E-state index in [-0.39, 0.29) is 5.41 Å². The van der Waals surface area contributed by atoms with Crippen molar-refractivity contribution < 1.29 is 0 Å². The predicted octanol–water partition coefficient (Wildman–Crippen LogP) is 8.76. The molecule has 156 valence electrons. The van der Waals surface area contributed by atoms with Crippen molar-refractivity contribution in [2.24, 2.45) is 0 Å². The lowest BCUT2D eigenvalue weighted by Crippen LogP contribution is -2.30. The molecule has 0 saturated carbocycles. The summed E-state index contributed by atoms with van der Waals surface area (Å²) < 4.78 is 1.10. The summed E-state index contributed by atoms with van der Waals surface area (Å²) >= 11 is 3.72. The van der Waals surface area contributed by atoms with E-state index in [1.54, 1.807) is 0 Å². The van der Waals surface area contributed by atoms with Gasteiger partial charge in [-0.2, -0.15) is 0 Å². The third-order valence-electron chi connectivity index (χ3n) is 7.38. The minimum atomic E-state index is -0.363. The van der Waals surface area contributed by atoms with Crippen molar-refractivity contribution >= 4 is 38.9 Å². The second-order valence-corrected chi connectivity index (χ2v) is 10.1. The molecule has 0 aromatic heterocycles. The molecule has 5 aromatic carbocycles. The number of halogens is 1. The number of fused-ring (bicyclic) bond motifs is 10. The Bertz CT molecular complexity index is 1580. The van der Waals surface area contributed by atoms with Crippen LogP contribution in [-0.2, 0) is 5.41 Å². The highest BCUT2D eigenvalue weighted by Crippen LogP contribution is 2.59. The maximum atomic E-state index is 3.72. The second-order valence-electron chi connectivity index (χ2n) is 9.20. The molecule has 5 aromatic rings. The highest BCUT2D eigenvalue weighted by Gasteiger charge is 2.48. The molecular formula is C32H21Br. The third kappa shape index (κ3) is 2.52. The Morgan fingerprint density at radius 1 is 0.545 bits per heavy atom. The van der Waals surface area contributed by atoms with Crippen molar-refractivity contribution in [2.45, 2.75) is 12.3 Å². The number of benzene rings is 5. The van der Waals surface area contributed by atoms with Crippen LogP contribution in [0.1, 0.15) is 38.9 Å². The Morgan fingerprint density at radius 3 is 2.03 bits per heavy atom. The van der Waals surface area contributed by atoms with E-state index in [4.69, 9.17) is 0 Å². The van der Waals surface area contributed by atoms with Gasteiger partial charge in [-0.25, -0.2) is 0 Å². The highest BCUT2D eigenvalue weighted by molar-refractivity contribution is 9.10. The van der Waals surface area contributed by atoms with Crippen LogP contribution in [0.2, 0.25) is 0 Å². The van der Waals surface area contributed by atoms with Gasteiger partial charge in [0.15, 0.2) is 0 Å². The van der Waals surface area contributed by atoms with E-state index < -0.39 is 0 Å². The Balaban J connectivity index is 1.73. The van der Waals surface area contributed by atoms with Gasteiger partial charge in [-0.15, -0.1) is 0 Å². The number of hydrogen-bond donors (Lipinski definition) is 0. The molecule has 0 nitrogen and oxygen atoms in total. The van der Waals surface area contributed by atoms with Crippen LogP contribution in [0.25, 0.3) is 34.1 Å². The average Bonchev–Trinajstić information content (AvgIpc) is 3.03. The van der Waals surface area contributed by atoms with Gasteiger partial charge in [-0.1, -0.05) is 106 Å². The van der Waals surface area contributed by atoms with Gasteiger partial charge in [0.25, 0.3) is 0 Å². The lowest BCUT2D eigenvalue weighted by atomic mass is 9.66. The molecule has 1 heteroatoms. The Kier molecular flexibility index (Phi) is 3.93. The van der Waals surface area contributed by atoms with E-state index in [9.17, 15) is 0 Å². The van der Waals surface area contributed by atoms with Gasteiger partial charge in [0.1, 0.15) is 0 Å². The number of rotatable bonds is 0. The first-order chi connectivity index (χ1) is 16.2. The molecule has 0 saturated heterocycles.